The Bertz CT molecular complexity index is 43.8. The lowest BCUT2D eigenvalue weighted by molar-refractivity contribution is 0.699. The summed E-state index contributed by atoms with van der Waals surface area (Å²) in [6.45, 7) is 4.55. The molecule has 0 saturated heterocycles. The molecule has 0 aliphatic heterocycles. The molecule has 0 radical (unpaired) electrons. The molecular weight excluding hydrogens is 176 g/mol. The summed E-state index contributed by atoms with van der Waals surface area (Å²) in [5.74, 6) is 0. The number of rotatable bonds is 4. The third-order valence-electron chi connectivity index (χ3n) is 1.49. The SMILES string of the molecule is CCC[CH](CC)[Mg][Br]. The first kappa shape index (κ1) is 9.25. The highest BCUT2D eigenvalue weighted by Crippen LogP contribution is 2.17. The second-order valence-corrected chi connectivity index (χ2v) is 5.62. The molecule has 0 aliphatic rings. The zero-order valence-corrected chi connectivity index (χ0v) is 8.78. The van der Waals surface area contributed by atoms with E-state index in [1.54, 1.807) is 0 Å². The van der Waals surface area contributed by atoms with Gasteiger partial charge in [0, 0.05) is 0 Å². The van der Waals surface area contributed by atoms with Crippen LogP contribution in [0.5, 0.6) is 0 Å². The Morgan fingerprint density at radius 2 is 2.12 bits per heavy atom. The van der Waals surface area contributed by atoms with Crippen LogP contribution in [0.4, 0.5) is 0 Å². The summed E-state index contributed by atoms with van der Waals surface area (Å²) >= 11 is 3.75. The van der Waals surface area contributed by atoms with Crippen molar-refractivity contribution in [3.63, 3.8) is 0 Å². The summed E-state index contributed by atoms with van der Waals surface area (Å²) in [6, 6.07) is 0. The lowest BCUT2D eigenvalue weighted by Gasteiger charge is -2.06. The predicted octanol–water partition coefficient (Wildman–Crippen LogP) is 3.00. The molecular formula is C6H13BrMg. The molecule has 0 aliphatic carbocycles. The summed E-state index contributed by atoms with van der Waals surface area (Å²) in [7, 11) is 0. The van der Waals surface area contributed by atoms with E-state index in [9.17, 15) is 0 Å². The van der Waals surface area contributed by atoms with Crippen LogP contribution in [-0.4, -0.2) is 18.2 Å². The zero-order valence-electron chi connectivity index (χ0n) is 5.78. The van der Waals surface area contributed by atoms with Crippen molar-refractivity contribution < 1.29 is 0 Å². The maximum atomic E-state index is 3.62. The molecule has 0 bridgehead atoms. The Morgan fingerprint density at radius 1 is 1.50 bits per heavy atom. The van der Waals surface area contributed by atoms with Crippen molar-refractivity contribution in [3.05, 3.63) is 0 Å². The highest BCUT2D eigenvalue weighted by molar-refractivity contribution is 9.23. The van der Waals surface area contributed by atoms with Gasteiger partial charge in [-0.05, 0) is 0 Å². The van der Waals surface area contributed by atoms with Gasteiger partial charge in [0.25, 0.3) is 0 Å². The molecule has 0 N–H and O–H groups in total. The molecule has 1 atom stereocenters. The topological polar surface area (TPSA) is 0 Å². The van der Waals surface area contributed by atoms with Gasteiger partial charge in [0.2, 0.25) is 0 Å². The maximum Gasteiger partial charge on any atom is 0.471 e. The molecule has 2 heteroatoms. The van der Waals surface area contributed by atoms with Crippen LogP contribution < -0.4 is 0 Å². The monoisotopic (exact) mass is 188 g/mol. The Balaban J connectivity index is 3.07. The van der Waals surface area contributed by atoms with E-state index in [2.05, 4.69) is 26.7 Å². The molecule has 0 heterocycles. The Kier molecular flexibility index (Phi) is 7.36. The fourth-order valence-electron chi connectivity index (χ4n) is 0.799. The molecule has 8 heavy (non-hydrogen) atoms. The van der Waals surface area contributed by atoms with Gasteiger partial charge >= 0.3 is 18.2 Å². The lowest BCUT2D eigenvalue weighted by atomic mass is 10.2. The number of hydrogen-bond donors (Lipinski definition) is 0. The van der Waals surface area contributed by atoms with E-state index in [0.29, 0.717) is 0 Å². The first-order chi connectivity index (χ1) is 3.85. The lowest BCUT2D eigenvalue weighted by Crippen LogP contribution is -1.93. The van der Waals surface area contributed by atoms with E-state index in [1.807, 2.05) is 0 Å². The van der Waals surface area contributed by atoms with Crippen LogP contribution in [0.3, 0.4) is 0 Å². The summed E-state index contributed by atoms with van der Waals surface area (Å²) in [6.07, 6.45) is 4.18. The molecule has 1 unspecified atom stereocenters. The quantitative estimate of drug-likeness (QED) is 0.596. The Hall–Kier alpha value is 1.25. The molecule has 0 aromatic rings. The van der Waals surface area contributed by atoms with E-state index in [0.717, 1.165) is 4.05 Å². The van der Waals surface area contributed by atoms with Gasteiger partial charge in [-0.15, -0.1) is 4.05 Å². The van der Waals surface area contributed by atoms with Crippen LogP contribution in [0.1, 0.15) is 33.1 Å². The Morgan fingerprint density at radius 3 is 2.25 bits per heavy atom. The van der Waals surface area contributed by atoms with Crippen LogP contribution in [0.25, 0.3) is 0 Å². The smallest absolute Gasteiger partial charge is 0.306 e. The van der Waals surface area contributed by atoms with Crippen LogP contribution in [-0.2, 0) is 0 Å². The van der Waals surface area contributed by atoms with Crippen molar-refractivity contribution in [2.24, 2.45) is 0 Å². The van der Waals surface area contributed by atoms with Gasteiger partial charge < -0.3 is 12.9 Å². The molecule has 0 nitrogen and oxygen atoms in total. The highest BCUT2D eigenvalue weighted by Gasteiger charge is 2.04. The standard InChI is InChI=1S/C6H13.BrH.Mg/c1-3-5-6-4-2;;/h5H,3-4,6H2,1-2H3;1H;/q;;+1/p-1. The zero-order chi connectivity index (χ0) is 6.41. The van der Waals surface area contributed by atoms with E-state index >= 15 is 0 Å². The normalized spacial score (nSPS) is 12.9. The first-order valence-electron chi connectivity index (χ1n) is 3.41. The van der Waals surface area contributed by atoms with E-state index in [-0.39, 0.29) is 18.2 Å². The first-order valence-corrected chi connectivity index (χ1v) is 8.12. The second-order valence-electron chi connectivity index (χ2n) is 2.22. The summed E-state index contributed by atoms with van der Waals surface area (Å²) in [5.41, 5.74) is 0. The van der Waals surface area contributed by atoms with Crippen molar-refractivity contribution >= 4 is 31.1 Å². The van der Waals surface area contributed by atoms with Crippen LogP contribution in [0, 0.1) is 0 Å². The molecule has 0 rings (SSSR count). The third kappa shape index (κ3) is 4.16. The minimum Gasteiger partial charge on any atom is -0.306 e. The number of hydrogen-bond acceptors (Lipinski definition) is 0. The fraction of sp³-hybridized carbons (Fsp3) is 1.00. The largest absolute Gasteiger partial charge is 0.471 e. The van der Waals surface area contributed by atoms with Crippen LogP contribution >= 0.6 is 12.9 Å². The van der Waals surface area contributed by atoms with Gasteiger partial charge in [-0.25, -0.2) is 0 Å². The fourth-order valence-corrected chi connectivity index (χ4v) is 3.92. The highest BCUT2D eigenvalue weighted by atomic mass is 79.9. The van der Waals surface area contributed by atoms with Crippen LogP contribution in [0.2, 0.25) is 4.05 Å². The van der Waals surface area contributed by atoms with Gasteiger partial charge in [0.1, 0.15) is 0 Å². The summed E-state index contributed by atoms with van der Waals surface area (Å²) in [5, 5.41) is 0. The van der Waals surface area contributed by atoms with E-state index in [1.165, 1.54) is 19.3 Å². The Labute approximate surface area is 68.0 Å². The second kappa shape index (κ2) is 6.37. The van der Waals surface area contributed by atoms with Crippen molar-refractivity contribution in [2.45, 2.75) is 37.2 Å². The van der Waals surface area contributed by atoms with E-state index in [4.69, 9.17) is 0 Å². The summed E-state index contributed by atoms with van der Waals surface area (Å²) < 4.78 is 1.06. The average Bonchev–Trinajstić information content (AvgIpc) is 1.83. The molecule has 0 spiro atoms. The minimum absolute atomic E-state index is 0.129. The van der Waals surface area contributed by atoms with Crippen molar-refractivity contribution in [2.75, 3.05) is 0 Å². The average molecular weight is 189 g/mol. The van der Waals surface area contributed by atoms with Gasteiger partial charge in [-0.3, -0.25) is 0 Å². The van der Waals surface area contributed by atoms with Crippen molar-refractivity contribution in [3.8, 4) is 0 Å². The van der Waals surface area contributed by atoms with Crippen molar-refractivity contribution in [1.82, 2.24) is 0 Å². The molecule has 0 aromatic carbocycles. The number of halogens is 1. The van der Waals surface area contributed by atoms with Gasteiger partial charge in [-0.2, -0.15) is 0 Å². The van der Waals surface area contributed by atoms with E-state index < -0.39 is 0 Å². The van der Waals surface area contributed by atoms with Crippen molar-refractivity contribution in [1.29, 1.82) is 0 Å². The van der Waals surface area contributed by atoms with Gasteiger partial charge in [0.05, 0.1) is 0 Å². The van der Waals surface area contributed by atoms with Crippen LogP contribution in [0.15, 0.2) is 0 Å². The van der Waals surface area contributed by atoms with Gasteiger partial charge in [0.15, 0.2) is 0 Å². The predicted molar refractivity (Wildman–Crippen MR) is 43.6 cm³/mol. The molecule has 0 amide bonds. The molecule has 0 fully saturated rings. The maximum absolute atomic E-state index is 3.62. The molecule has 0 aromatic heterocycles. The summed E-state index contributed by atoms with van der Waals surface area (Å²) in [4.78, 5) is 0. The minimum atomic E-state index is 0.129. The molecule has 0 saturated carbocycles. The molecule has 46 valence electrons. The van der Waals surface area contributed by atoms with Gasteiger partial charge in [-0.1, -0.05) is 33.1 Å². The third-order valence-corrected chi connectivity index (χ3v) is 5.66.